The van der Waals surface area contributed by atoms with Gasteiger partial charge in [-0.15, -0.1) is 11.6 Å². The van der Waals surface area contributed by atoms with Crippen molar-refractivity contribution >= 4 is 17.4 Å². The lowest BCUT2D eigenvalue weighted by Gasteiger charge is -2.14. The summed E-state index contributed by atoms with van der Waals surface area (Å²) in [6, 6.07) is 5.19. The lowest BCUT2D eigenvalue weighted by molar-refractivity contribution is 0.101. The van der Waals surface area contributed by atoms with E-state index in [-0.39, 0.29) is 18.3 Å². The minimum Gasteiger partial charge on any atom is -0.490 e. The van der Waals surface area contributed by atoms with Crippen LogP contribution >= 0.6 is 11.6 Å². The van der Waals surface area contributed by atoms with E-state index in [4.69, 9.17) is 21.1 Å². The van der Waals surface area contributed by atoms with Gasteiger partial charge in [0.25, 0.3) is 0 Å². The summed E-state index contributed by atoms with van der Waals surface area (Å²) in [4.78, 5) is 11.4. The van der Waals surface area contributed by atoms with Crippen LogP contribution in [-0.2, 0) is 11.3 Å². The summed E-state index contributed by atoms with van der Waals surface area (Å²) in [6.45, 7) is 4.68. The molecule has 0 aromatic heterocycles. The molecule has 112 valence electrons. The van der Waals surface area contributed by atoms with Crippen molar-refractivity contribution in [1.29, 1.82) is 0 Å². The quantitative estimate of drug-likeness (QED) is 0.433. The highest BCUT2D eigenvalue weighted by atomic mass is 35.5. The molecule has 1 N–H and O–H groups in total. The Bertz CT molecular complexity index is 434. The first kappa shape index (κ1) is 17.0. The molecule has 20 heavy (non-hydrogen) atoms. The molecule has 5 heteroatoms. The Hall–Kier alpha value is -1.10. The Morgan fingerprint density at radius 3 is 2.80 bits per heavy atom. The maximum Gasteiger partial charge on any atom is 0.159 e. The van der Waals surface area contributed by atoms with Gasteiger partial charge in [-0.3, -0.25) is 4.79 Å². The molecule has 0 amide bonds. The maximum absolute atomic E-state index is 11.4. The fourth-order valence-electron chi connectivity index (χ4n) is 1.61. The smallest absolute Gasteiger partial charge is 0.159 e. The minimum absolute atomic E-state index is 0.00548. The Morgan fingerprint density at radius 1 is 1.45 bits per heavy atom. The number of ketones is 1. The number of alkyl halides is 1. The summed E-state index contributed by atoms with van der Waals surface area (Å²) >= 11 is 5.53. The molecule has 1 rings (SSSR count). The highest BCUT2D eigenvalue weighted by Crippen LogP contribution is 2.22. The molecule has 0 saturated carbocycles. The van der Waals surface area contributed by atoms with Crippen LogP contribution in [0.3, 0.4) is 0 Å². The van der Waals surface area contributed by atoms with Crippen molar-refractivity contribution < 1.29 is 19.4 Å². The number of halogens is 1. The molecule has 0 fully saturated rings. The molecule has 1 aromatic carbocycles. The second-order valence-corrected chi connectivity index (χ2v) is 4.86. The number of hydrogen-bond donors (Lipinski definition) is 1. The van der Waals surface area contributed by atoms with Crippen molar-refractivity contribution in [2.45, 2.75) is 33.0 Å². The van der Waals surface area contributed by atoms with E-state index >= 15 is 0 Å². The second-order valence-electron chi connectivity index (χ2n) is 4.55. The number of ether oxygens (including phenoxy) is 2. The zero-order valence-corrected chi connectivity index (χ0v) is 12.7. The SMILES string of the molecule is CCCOCc1cc(C(C)=O)ccc1OCC(O)CCl. The largest absolute Gasteiger partial charge is 0.490 e. The van der Waals surface area contributed by atoms with E-state index in [0.717, 1.165) is 12.0 Å². The summed E-state index contributed by atoms with van der Waals surface area (Å²) in [5.74, 6) is 0.720. The van der Waals surface area contributed by atoms with E-state index in [2.05, 4.69) is 0 Å². The molecule has 0 spiro atoms. The number of rotatable bonds is 9. The average Bonchev–Trinajstić information content (AvgIpc) is 2.45. The van der Waals surface area contributed by atoms with Crippen LogP contribution in [0, 0.1) is 0 Å². The lowest BCUT2D eigenvalue weighted by Crippen LogP contribution is -2.19. The van der Waals surface area contributed by atoms with Crippen molar-refractivity contribution in [3.8, 4) is 5.75 Å². The van der Waals surface area contributed by atoms with Gasteiger partial charge in [0.1, 0.15) is 18.5 Å². The third-order valence-corrected chi connectivity index (χ3v) is 3.04. The molecule has 0 aliphatic rings. The standard InChI is InChI=1S/C15H21ClO4/c1-3-6-19-9-13-7-12(11(2)17)4-5-15(13)20-10-14(18)8-16/h4-5,7,14,18H,3,6,8-10H2,1-2H3. The van der Waals surface area contributed by atoms with Crippen LogP contribution in [0.4, 0.5) is 0 Å². The molecule has 1 aromatic rings. The number of carbonyl (C=O) groups is 1. The Kier molecular flexibility index (Phi) is 7.59. The molecule has 1 atom stereocenters. The third kappa shape index (κ3) is 5.49. The lowest BCUT2D eigenvalue weighted by atomic mass is 10.1. The average molecular weight is 301 g/mol. The molecule has 0 radical (unpaired) electrons. The highest BCUT2D eigenvalue weighted by molar-refractivity contribution is 6.18. The van der Waals surface area contributed by atoms with Gasteiger partial charge in [-0.1, -0.05) is 6.92 Å². The van der Waals surface area contributed by atoms with E-state index in [0.29, 0.717) is 24.5 Å². The van der Waals surface area contributed by atoms with Crippen molar-refractivity contribution in [1.82, 2.24) is 0 Å². The number of benzene rings is 1. The monoisotopic (exact) mass is 300 g/mol. The van der Waals surface area contributed by atoms with Crippen LogP contribution < -0.4 is 4.74 Å². The van der Waals surface area contributed by atoms with Crippen molar-refractivity contribution in [2.75, 3.05) is 19.1 Å². The van der Waals surface area contributed by atoms with Gasteiger partial charge in [0.2, 0.25) is 0 Å². The maximum atomic E-state index is 11.4. The number of aliphatic hydroxyl groups excluding tert-OH is 1. The van der Waals surface area contributed by atoms with E-state index in [1.807, 2.05) is 6.92 Å². The van der Waals surface area contributed by atoms with Gasteiger partial charge in [0, 0.05) is 17.7 Å². The second kappa shape index (κ2) is 8.95. The van der Waals surface area contributed by atoms with E-state index in [1.54, 1.807) is 18.2 Å². The summed E-state index contributed by atoms with van der Waals surface area (Å²) in [7, 11) is 0. The minimum atomic E-state index is -0.714. The van der Waals surface area contributed by atoms with Crippen LogP contribution in [0.2, 0.25) is 0 Å². The molecule has 0 bridgehead atoms. The van der Waals surface area contributed by atoms with Crippen molar-refractivity contribution in [3.05, 3.63) is 29.3 Å². The number of hydrogen-bond acceptors (Lipinski definition) is 4. The van der Waals surface area contributed by atoms with Crippen LogP contribution in [0.25, 0.3) is 0 Å². The van der Waals surface area contributed by atoms with E-state index < -0.39 is 6.10 Å². The number of aliphatic hydroxyl groups is 1. The summed E-state index contributed by atoms with van der Waals surface area (Å²) in [5, 5.41) is 9.42. The molecule has 0 heterocycles. The molecular formula is C15H21ClO4. The Balaban J connectivity index is 2.81. The van der Waals surface area contributed by atoms with Gasteiger partial charge in [-0.2, -0.15) is 0 Å². The Morgan fingerprint density at radius 2 is 2.20 bits per heavy atom. The highest BCUT2D eigenvalue weighted by Gasteiger charge is 2.10. The van der Waals surface area contributed by atoms with Gasteiger partial charge < -0.3 is 14.6 Å². The molecular weight excluding hydrogens is 280 g/mol. The first-order chi connectivity index (χ1) is 9.58. The molecule has 4 nitrogen and oxygen atoms in total. The van der Waals surface area contributed by atoms with Crippen LogP contribution in [0.15, 0.2) is 18.2 Å². The topological polar surface area (TPSA) is 55.8 Å². The molecule has 0 aliphatic carbocycles. The Labute approximate surface area is 124 Å². The summed E-state index contributed by atoms with van der Waals surface area (Å²) in [5.41, 5.74) is 1.42. The molecule has 1 unspecified atom stereocenters. The fourth-order valence-corrected chi connectivity index (χ4v) is 1.70. The predicted molar refractivity (Wildman–Crippen MR) is 78.6 cm³/mol. The molecule has 0 aliphatic heterocycles. The van der Waals surface area contributed by atoms with Gasteiger partial charge in [-0.25, -0.2) is 0 Å². The van der Waals surface area contributed by atoms with E-state index in [1.165, 1.54) is 6.92 Å². The first-order valence-electron chi connectivity index (χ1n) is 6.66. The van der Waals surface area contributed by atoms with Crippen LogP contribution in [0.5, 0.6) is 5.75 Å². The van der Waals surface area contributed by atoms with Gasteiger partial charge >= 0.3 is 0 Å². The van der Waals surface area contributed by atoms with Gasteiger partial charge in [0.05, 0.1) is 12.5 Å². The summed E-state index contributed by atoms with van der Waals surface area (Å²) in [6.07, 6.45) is 0.210. The van der Waals surface area contributed by atoms with Crippen LogP contribution in [-0.4, -0.2) is 36.1 Å². The first-order valence-corrected chi connectivity index (χ1v) is 7.20. The number of carbonyl (C=O) groups excluding carboxylic acids is 1. The van der Waals surface area contributed by atoms with Crippen molar-refractivity contribution in [2.24, 2.45) is 0 Å². The van der Waals surface area contributed by atoms with Gasteiger partial charge in [0.15, 0.2) is 5.78 Å². The third-order valence-electron chi connectivity index (χ3n) is 2.68. The van der Waals surface area contributed by atoms with Crippen molar-refractivity contribution in [3.63, 3.8) is 0 Å². The zero-order valence-electron chi connectivity index (χ0n) is 11.9. The van der Waals surface area contributed by atoms with E-state index in [9.17, 15) is 9.90 Å². The zero-order chi connectivity index (χ0) is 15.0. The summed E-state index contributed by atoms with van der Waals surface area (Å²) < 4.78 is 11.0. The molecule has 0 saturated heterocycles. The van der Waals surface area contributed by atoms with Gasteiger partial charge in [-0.05, 0) is 31.5 Å². The predicted octanol–water partition coefficient (Wildman–Crippen LogP) is 2.79. The fraction of sp³-hybridized carbons (Fsp3) is 0.533. The normalized spacial score (nSPS) is 12.2. The van der Waals surface area contributed by atoms with Crippen LogP contribution in [0.1, 0.15) is 36.2 Å². The number of Topliss-reactive ketones (excluding diaryl/α,β-unsaturated/α-hetero) is 1.